The first kappa shape index (κ1) is 15.3. The van der Waals surface area contributed by atoms with Gasteiger partial charge in [0.1, 0.15) is 5.75 Å². The molecule has 0 unspecified atom stereocenters. The minimum absolute atomic E-state index is 0.376. The Bertz CT molecular complexity index is 548. The Balaban J connectivity index is 2.21. The molecule has 2 rings (SSSR count). The van der Waals surface area contributed by atoms with Gasteiger partial charge in [0.25, 0.3) is 0 Å². The maximum Gasteiger partial charge on any atom is 0.243 e. The van der Waals surface area contributed by atoms with Gasteiger partial charge in [-0.15, -0.1) is 0 Å². The second kappa shape index (κ2) is 6.59. The van der Waals surface area contributed by atoms with Gasteiger partial charge in [0.15, 0.2) is 0 Å². The van der Waals surface area contributed by atoms with E-state index in [2.05, 4.69) is 0 Å². The monoisotopic (exact) mass is 297 g/mol. The fourth-order valence-corrected chi connectivity index (χ4v) is 4.01. The second-order valence-electron chi connectivity index (χ2n) is 5.24. The normalized spacial score (nSPS) is 17.1. The van der Waals surface area contributed by atoms with E-state index >= 15 is 0 Å². The largest absolute Gasteiger partial charge is 0.493 e. The number of nitrogens with zero attached hydrogens (tertiary/aromatic N) is 1. The molecule has 112 valence electrons. The Morgan fingerprint density at radius 2 is 1.90 bits per heavy atom. The summed E-state index contributed by atoms with van der Waals surface area (Å²) in [6, 6.07) is 5.14. The Kier molecular flexibility index (Phi) is 5.05. The van der Waals surface area contributed by atoms with E-state index in [1.54, 1.807) is 22.5 Å². The molecule has 0 radical (unpaired) electrons. The Hall–Kier alpha value is -1.07. The lowest BCUT2D eigenvalue weighted by atomic mass is 10.2. The van der Waals surface area contributed by atoms with Crippen LogP contribution >= 0.6 is 0 Å². The van der Waals surface area contributed by atoms with Crippen molar-refractivity contribution in [2.75, 3.05) is 19.7 Å². The average molecular weight is 297 g/mol. The highest BCUT2D eigenvalue weighted by Gasteiger charge is 2.26. The van der Waals surface area contributed by atoms with Crippen molar-refractivity contribution in [2.24, 2.45) is 0 Å². The Labute approximate surface area is 121 Å². The molecule has 20 heavy (non-hydrogen) atoms. The lowest BCUT2D eigenvalue weighted by Gasteiger charge is -2.26. The molecule has 0 N–H and O–H groups in total. The highest BCUT2D eigenvalue weighted by Crippen LogP contribution is 2.25. The van der Waals surface area contributed by atoms with Crippen LogP contribution in [0.4, 0.5) is 0 Å². The van der Waals surface area contributed by atoms with Crippen LogP contribution in [0.2, 0.25) is 0 Å². The number of sulfonamides is 1. The minimum Gasteiger partial charge on any atom is -0.493 e. The van der Waals surface area contributed by atoms with Crippen LogP contribution in [0, 0.1) is 6.92 Å². The summed E-state index contributed by atoms with van der Waals surface area (Å²) in [5.41, 5.74) is 0.872. The number of benzene rings is 1. The minimum atomic E-state index is -3.34. The van der Waals surface area contributed by atoms with E-state index in [-0.39, 0.29) is 0 Å². The quantitative estimate of drug-likeness (QED) is 0.839. The smallest absolute Gasteiger partial charge is 0.243 e. The molecule has 0 atom stereocenters. The van der Waals surface area contributed by atoms with Crippen molar-refractivity contribution in [1.29, 1.82) is 0 Å². The standard InChI is InChI=1S/C15H23NO3S/c1-3-11-19-15-8-7-14(12-13(15)2)20(17,18)16-9-5-4-6-10-16/h7-8,12H,3-6,9-11H2,1-2H3. The molecule has 0 bridgehead atoms. The molecule has 0 aliphatic carbocycles. The van der Waals surface area contributed by atoms with Crippen molar-refractivity contribution in [2.45, 2.75) is 44.4 Å². The third kappa shape index (κ3) is 3.33. The molecular formula is C15H23NO3S. The second-order valence-corrected chi connectivity index (χ2v) is 7.18. The third-order valence-corrected chi connectivity index (χ3v) is 5.46. The summed E-state index contributed by atoms with van der Waals surface area (Å²) in [5.74, 6) is 0.768. The van der Waals surface area contributed by atoms with Crippen molar-refractivity contribution in [3.8, 4) is 5.75 Å². The van der Waals surface area contributed by atoms with Crippen molar-refractivity contribution in [1.82, 2.24) is 4.31 Å². The van der Waals surface area contributed by atoms with Gasteiger partial charge in [0.2, 0.25) is 10.0 Å². The van der Waals surface area contributed by atoms with E-state index in [4.69, 9.17) is 4.74 Å². The van der Waals surface area contributed by atoms with Crippen molar-refractivity contribution >= 4 is 10.0 Å². The van der Waals surface area contributed by atoms with Gasteiger partial charge in [-0.25, -0.2) is 8.42 Å². The molecule has 1 saturated heterocycles. The van der Waals surface area contributed by atoms with E-state index < -0.39 is 10.0 Å². The number of ether oxygens (including phenoxy) is 1. The van der Waals surface area contributed by atoms with E-state index in [1.165, 1.54) is 0 Å². The van der Waals surface area contributed by atoms with Gasteiger partial charge in [-0.05, 0) is 49.9 Å². The summed E-state index contributed by atoms with van der Waals surface area (Å²) >= 11 is 0. The first-order valence-corrected chi connectivity index (χ1v) is 8.73. The summed E-state index contributed by atoms with van der Waals surface area (Å²) in [7, 11) is -3.34. The number of hydrogen-bond donors (Lipinski definition) is 0. The fraction of sp³-hybridized carbons (Fsp3) is 0.600. The van der Waals surface area contributed by atoms with Gasteiger partial charge in [-0.1, -0.05) is 13.3 Å². The average Bonchev–Trinajstić information content (AvgIpc) is 2.47. The van der Waals surface area contributed by atoms with Gasteiger partial charge >= 0.3 is 0 Å². The molecule has 1 fully saturated rings. The number of rotatable bonds is 5. The highest BCUT2D eigenvalue weighted by molar-refractivity contribution is 7.89. The maximum absolute atomic E-state index is 12.5. The molecule has 0 saturated carbocycles. The first-order chi connectivity index (χ1) is 9.55. The molecule has 0 amide bonds. The summed E-state index contributed by atoms with van der Waals surface area (Å²) in [6.07, 6.45) is 3.97. The maximum atomic E-state index is 12.5. The summed E-state index contributed by atoms with van der Waals surface area (Å²) < 4.78 is 32.3. The summed E-state index contributed by atoms with van der Waals surface area (Å²) in [5, 5.41) is 0. The lowest BCUT2D eigenvalue weighted by Crippen LogP contribution is -2.35. The van der Waals surface area contributed by atoms with Crippen LogP contribution < -0.4 is 4.74 Å². The predicted molar refractivity (Wildman–Crippen MR) is 79.6 cm³/mol. The van der Waals surface area contributed by atoms with Crippen molar-refractivity contribution in [3.63, 3.8) is 0 Å². The van der Waals surface area contributed by atoms with Gasteiger partial charge in [-0.2, -0.15) is 4.31 Å². The fourth-order valence-electron chi connectivity index (χ4n) is 2.41. The Morgan fingerprint density at radius 3 is 2.50 bits per heavy atom. The van der Waals surface area contributed by atoms with Crippen LogP contribution in [0.5, 0.6) is 5.75 Å². The van der Waals surface area contributed by atoms with Gasteiger partial charge in [0.05, 0.1) is 11.5 Å². The summed E-state index contributed by atoms with van der Waals surface area (Å²) in [4.78, 5) is 0.376. The van der Waals surface area contributed by atoms with E-state index in [1.807, 2.05) is 13.8 Å². The van der Waals surface area contributed by atoms with E-state index in [9.17, 15) is 8.42 Å². The first-order valence-electron chi connectivity index (χ1n) is 7.29. The zero-order valence-electron chi connectivity index (χ0n) is 12.3. The zero-order chi connectivity index (χ0) is 14.6. The molecule has 1 aromatic carbocycles. The number of hydrogen-bond acceptors (Lipinski definition) is 3. The van der Waals surface area contributed by atoms with Crippen molar-refractivity contribution in [3.05, 3.63) is 23.8 Å². The summed E-state index contributed by atoms with van der Waals surface area (Å²) in [6.45, 7) is 5.86. The Morgan fingerprint density at radius 1 is 1.20 bits per heavy atom. The van der Waals surface area contributed by atoms with Gasteiger partial charge in [-0.3, -0.25) is 0 Å². The number of piperidine rings is 1. The van der Waals surface area contributed by atoms with Crippen LogP contribution in [0.1, 0.15) is 38.2 Å². The van der Waals surface area contributed by atoms with E-state index in [0.29, 0.717) is 24.6 Å². The molecule has 0 spiro atoms. The third-order valence-electron chi connectivity index (χ3n) is 3.56. The molecule has 4 nitrogen and oxygen atoms in total. The van der Waals surface area contributed by atoms with Crippen LogP contribution in [0.15, 0.2) is 23.1 Å². The topological polar surface area (TPSA) is 46.6 Å². The molecular weight excluding hydrogens is 274 g/mol. The predicted octanol–water partition coefficient (Wildman–Crippen LogP) is 2.96. The molecule has 1 heterocycles. The molecule has 5 heteroatoms. The van der Waals surface area contributed by atoms with E-state index in [0.717, 1.165) is 37.0 Å². The van der Waals surface area contributed by atoms with Crippen LogP contribution in [0.25, 0.3) is 0 Å². The molecule has 1 aromatic rings. The molecule has 1 aliphatic rings. The highest BCUT2D eigenvalue weighted by atomic mass is 32.2. The van der Waals surface area contributed by atoms with Crippen molar-refractivity contribution < 1.29 is 13.2 Å². The van der Waals surface area contributed by atoms with Gasteiger partial charge in [0, 0.05) is 13.1 Å². The number of aryl methyl sites for hydroxylation is 1. The lowest BCUT2D eigenvalue weighted by molar-refractivity contribution is 0.315. The molecule has 0 aromatic heterocycles. The van der Waals surface area contributed by atoms with Crippen LogP contribution in [0.3, 0.4) is 0 Å². The zero-order valence-corrected chi connectivity index (χ0v) is 13.1. The molecule has 1 aliphatic heterocycles. The van der Waals surface area contributed by atoms with Crippen LogP contribution in [-0.4, -0.2) is 32.4 Å². The van der Waals surface area contributed by atoms with Gasteiger partial charge < -0.3 is 4.74 Å². The van der Waals surface area contributed by atoms with Crippen LogP contribution in [-0.2, 0) is 10.0 Å². The SMILES string of the molecule is CCCOc1ccc(S(=O)(=O)N2CCCCC2)cc1C.